The van der Waals surface area contributed by atoms with Gasteiger partial charge in [-0.3, -0.25) is 0 Å². The molecule has 0 radical (unpaired) electrons. The second-order valence-corrected chi connectivity index (χ2v) is 17.1. The summed E-state index contributed by atoms with van der Waals surface area (Å²) < 4.78 is 6.31. The van der Waals surface area contributed by atoms with Crippen LogP contribution < -0.4 is 0 Å². The van der Waals surface area contributed by atoms with Crippen LogP contribution in [0.25, 0.3) is 0 Å². The van der Waals surface area contributed by atoms with Crippen molar-refractivity contribution in [1.29, 1.82) is 0 Å². The number of fused-ring (bicyclic) bond motifs is 5. The van der Waals surface area contributed by atoms with Crippen molar-refractivity contribution < 1.29 is 14.1 Å². The first kappa shape index (κ1) is 24.2. The number of hydrogen-bond acceptors (Lipinski definition) is 5. The molecule has 0 aliphatic heterocycles. The van der Waals surface area contributed by atoms with Crippen molar-refractivity contribution in [2.45, 2.75) is 91.3 Å². The molecule has 4 saturated carbocycles. The van der Waals surface area contributed by atoms with Crippen LogP contribution in [0.5, 0.6) is 0 Å². The zero-order chi connectivity index (χ0) is 23.1. The second-order valence-electron chi connectivity index (χ2n) is 12.5. The van der Waals surface area contributed by atoms with Gasteiger partial charge in [0.1, 0.15) is 14.2 Å². The largest absolute Gasteiger partial charge is 0.412 e. The average molecular weight is 463 g/mol. The third-order valence-corrected chi connectivity index (χ3v) is 11.0. The maximum absolute atomic E-state index is 6.31. The summed E-state index contributed by atoms with van der Waals surface area (Å²) in [7, 11) is 1.78. The monoisotopic (exact) mass is 462 g/mol. The molecule has 0 bridgehead atoms. The molecule has 0 heterocycles. The van der Waals surface area contributed by atoms with Gasteiger partial charge >= 0.3 is 0 Å². The fraction of sp³-hybridized carbons (Fsp3) is 0.923. The Morgan fingerprint density at radius 3 is 2.38 bits per heavy atom. The highest BCUT2D eigenvalue weighted by atomic mass is 28.4. The molecule has 4 rings (SSSR count). The minimum absolute atomic E-state index is 0.335. The van der Waals surface area contributed by atoms with E-state index in [9.17, 15) is 0 Å². The summed E-state index contributed by atoms with van der Waals surface area (Å²) in [4.78, 5) is 10.5. The zero-order valence-electron chi connectivity index (χ0n) is 21.6. The van der Waals surface area contributed by atoms with Gasteiger partial charge in [-0.1, -0.05) is 24.2 Å². The first-order valence-electron chi connectivity index (χ1n) is 12.9. The standard InChI is InChI=1S/C26H46N2O3Si/c1-25-14-12-19(27-29-3)16-18(25)8-9-20-21-10-11-23(26(21,2)15-13-22(20)25)24(28-30-4)17-31-32(5,6)7/h18,20-23H,8-17H2,1-7H3/b27-19+,28-24+/t18-,20-,21-,22-,23+,25-,26-/m0/s1. The normalized spacial score (nSPS) is 43.4. The average Bonchev–Trinajstić information content (AvgIpc) is 3.08. The van der Waals surface area contributed by atoms with E-state index in [4.69, 9.17) is 14.1 Å². The topological polar surface area (TPSA) is 52.4 Å². The molecule has 0 aromatic carbocycles. The van der Waals surface area contributed by atoms with E-state index < -0.39 is 8.32 Å². The molecule has 182 valence electrons. The number of nitrogens with zero attached hydrogens (tertiary/aromatic N) is 2. The van der Waals surface area contributed by atoms with Gasteiger partial charge in [0.05, 0.1) is 18.0 Å². The molecule has 0 N–H and O–H groups in total. The minimum atomic E-state index is -1.59. The lowest BCUT2D eigenvalue weighted by atomic mass is 9.44. The summed E-state index contributed by atoms with van der Waals surface area (Å²) in [6.07, 6.45) is 11.6. The molecular formula is C26H46N2O3Si. The van der Waals surface area contributed by atoms with Crippen LogP contribution in [0.1, 0.15) is 71.6 Å². The molecule has 0 unspecified atom stereocenters. The van der Waals surface area contributed by atoms with Gasteiger partial charge in [0.2, 0.25) is 0 Å². The van der Waals surface area contributed by atoms with E-state index in [-0.39, 0.29) is 0 Å². The number of oxime groups is 2. The predicted octanol–water partition coefficient (Wildman–Crippen LogP) is 6.50. The van der Waals surface area contributed by atoms with E-state index >= 15 is 0 Å². The Labute approximate surface area is 196 Å². The fourth-order valence-corrected chi connectivity index (χ4v) is 9.00. The molecule has 7 atom stereocenters. The van der Waals surface area contributed by atoms with Crippen molar-refractivity contribution in [3.63, 3.8) is 0 Å². The first-order chi connectivity index (χ1) is 15.1. The molecule has 0 amide bonds. The summed E-state index contributed by atoms with van der Waals surface area (Å²) >= 11 is 0. The Hall–Kier alpha value is -0.883. The van der Waals surface area contributed by atoms with E-state index in [1.165, 1.54) is 50.7 Å². The highest BCUT2D eigenvalue weighted by Crippen LogP contribution is 2.67. The Balaban J connectivity index is 1.53. The predicted molar refractivity (Wildman–Crippen MR) is 133 cm³/mol. The van der Waals surface area contributed by atoms with Crippen LogP contribution in [-0.2, 0) is 14.1 Å². The molecule has 0 spiro atoms. The van der Waals surface area contributed by atoms with E-state index in [1.54, 1.807) is 14.2 Å². The van der Waals surface area contributed by atoms with E-state index in [2.05, 4.69) is 43.8 Å². The van der Waals surface area contributed by atoms with Gasteiger partial charge in [-0.15, -0.1) is 0 Å². The SMILES string of the molecule is CO/N=C(\CO[Si](C)(C)C)[C@H]1CC[C@H]2[C@@H]3CC[C@H]4C/C(=N/OC)CC[C@]4(C)[C@H]3CC[C@]12C. The van der Waals surface area contributed by atoms with Crippen LogP contribution >= 0.6 is 0 Å². The molecule has 0 saturated heterocycles. The van der Waals surface area contributed by atoms with Crippen molar-refractivity contribution in [2.24, 2.45) is 50.7 Å². The molecule has 6 heteroatoms. The lowest BCUT2D eigenvalue weighted by Crippen LogP contribution is -2.54. The van der Waals surface area contributed by atoms with Gasteiger partial charge in [-0.2, -0.15) is 0 Å². The van der Waals surface area contributed by atoms with Crippen molar-refractivity contribution >= 4 is 19.7 Å². The lowest BCUT2D eigenvalue weighted by Gasteiger charge is -2.60. The Bertz CT molecular complexity index is 748. The van der Waals surface area contributed by atoms with Gasteiger partial charge in [-0.05, 0) is 112 Å². The van der Waals surface area contributed by atoms with Crippen molar-refractivity contribution in [1.82, 2.24) is 0 Å². The van der Waals surface area contributed by atoms with Crippen LogP contribution in [0.4, 0.5) is 0 Å². The molecule has 0 aromatic rings. The van der Waals surface area contributed by atoms with Gasteiger partial charge in [0.25, 0.3) is 0 Å². The zero-order valence-corrected chi connectivity index (χ0v) is 22.6. The molecule has 4 aliphatic rings. The summed E-state index contributed by atoms with van der Waals surface area (Å²) in [5.74, 6) is 3.82. The highest BCUT2D eigenvalue weighted by Gasteiger charge is 2.60. The molecule has 32 heavy (non-hydrogen) atoms. The number of hydrogen-bond donors (Lipinski definition) is 0. The third-order valence-electron chi connectivity index (χ3n) is 9.98. The van der Waals surface area contributed by atoms with Crippen LogP contribution in [-0.4, -0.2) is 40.6 Å². The summed E-state index contributed by atoms with van der Waals surface area (Å²) in [6.45, 7) is 12.6. The van der Waals surface area contributed by atoms with Gasteiger partial charge in [0, 0.05) is 5.92 Å². The maximum Gasteiger partial charge on any atom is 0.184 e. The second kappa shape index (κ2) is 9.05. The quantitative estimate of drug-likeness (QED) is 0.257. The van der Waals surface area contributed by atoms with Crippen molar-refractivity contribution in [3.8, 4) is 0 Å². The van der Waals surface area contributed by atoms with Gasteiger partial charge in [0.15, 0.2) is 8.32 Å². The number of rotatable bonds is 6. The van der Waals surface area contributed by atoms with Crippen molar-refractivity contribution in [2.75, 3.05) is 20.8 Å². The van der Waals surface area contributed by atoms with E-state index in [0.717, 1.165) is 42.2 Å². The molecular weight excluding hydrogens is 416 g/mol. The molecule has 4 aliphatic carbocycles. The fourth-order valence-electron chi connectivity index (χ4n) is 8.42. The summed E-state index contributed by atoms with van der Waals surface area (Å²) in [5.41, 5.74) is 3.26. The molecule has 4 fully saturated rings. The highest BCUT2D eigenvalue weighted by molar-refractivity contribution is 6.69. The van der Waals surface area contributed by atoms with Crippen LogP contribution in [0.3, 0.4) is 0 Å². The minimum Gasteiger partial charge on any atom is -0.412 e. The van der Waals surface area contributed by atoms with E-state index in [1.807, 2.05) is 0 Å². The van der Waals surface area contributed by atoms with Crippen LogP contribution in [0.15, 0.2) is 10.3 Å². The summed E-state index contributed by atoms with van der Waals surface area (Å²) in [6, 6.07) is 0. The first-order valence-corrected chi connectivity index (χ1v) is 16.4. The van der Waals surface area contributed by atoms with E-state index in [0.29, 0.717) is 23.4 Å². The Morgan fingerprint density at radius 2 is 1.69 bits per heavy atom. The Morgan fingerprint density at radius 1 is 0.938 bits per heavy atom. The smallest absolute Gasteiger partial charge is 0.184 e. The van der Waals surface area contributed by atoms with Crippen molar-refractivity contribution in [3.05, 3.63) is 0 Å². The lowest BCUT2D eigenvalue weighted by molar-refractivity contribution is -0.0965. The maximum atomic E-state index is 6.31. The summed E-state index contributed by atoms with van der Waals surface area (Å²) in [5, 5.41) is 8.88. The molecule has 0 aromatic heterocycles. The molecule has 5 nitrogen and oxygen atoms in total. The van der Waals surface area contributed by atoms with Crippen LogP contribution in [0, 0.1) is 40.4 Å². The third kappa shape index (κ3) is 4.31. The van der Waals surface area contributed by atoms with Gasteiger partial charge < -0.3 is 14.1 Å². The Kier molecular flexibility index (Phi) is 6.86. The van der Waals surface area contributed by atoms with Gasteiger partial charge in [-0.25, -0.2) is 0 Å². The van der Waals surface area contributed by atoms with Crippen LogP contribution in [0.2, 0.25) is 19.6 Å².